The number of fused-ring (bicyclic) bond motifs is 1. The van der Waals surface area contributed by atoms with Crippen LogP contribution in [0.15, 0.2) is 48.9 Å². The summed E-state index contributed by atoms with van der Waals surface area (Å²) in [6.07, 6.45) is 7.88. The van der Waals surface area contributed by atoms with Crippen molar-refractivity contribution in [1.82, 2.24) is 29.9 Å². The van der Waals surface area contributed by atoms with Crippen molar-refractivity contribution < 1.29 is 14.3 Å². The van der Waals surface area contributed by atoms with E-state index in [0.29, 0.717) is 23.0 Å². The lowest BCUT2D eigenvalue weighted by Crippen LogP contribution is -2.45. The van der Waals surface area contributed by atoms with Gasteiger partial charge in [0, 0.05) is 30.6 Å². The number of carbonyl (C=O) groups is 1. The van der Waals surface area contributed by atoms with E-state index in [2.05, 4.69) is 20.5 Å². The van der Waals surface area contributed by atoms with Crippen molar-refractivity contribution in [2.24, 2.45) is 7.05 Å². The molecule has 8 nitrogen and oxygen atoms in total. The Labute approximate surface area is 190 Å². The third-order valence-corrected chi connectivity index (χ3v) is 6.18. The first-order valence-electron chi connectivity index (χ1n) is 11.1. The fraction of sp³-hybridized carbons (Fsp3) is 0.333. The van der Waals surface area contributed by atoms with Crippen molar-refractivity contribution in [1.29, 1.82) is 0 Å². The highest BCUT2D eigenvalue weighted by Gasteiger charge is 2.27. The molecular formula is C24H25FN6O2. The highest BCUT2D eigenvalue weighted by molar-refractivity contribution is 6.03. The van der Waals surface area contributed by atoms with E-state index < -0.39 is 6.10 Å². The van der Waals surface area contributed by atoms with E-state index in [1.165, 1.54) is 6.07 Å². The van der Waals surface area contributed by atoms with Crippen LogP contribution in [0.2, 0.25) is 0 Å². The molecule has 0 unspecified atom stereocenters. The molecule has 1 saturated carbocycles. The number of aliphatic hydroxyl groups excluding tert-OH is 1. The van der Waals surface area contributed by atoms with Crippen molar-refractivity contribution in [2.45, 2.75) is 44.4 Å². The lowest BCUT2D eigenvalue weighted by atomic mass is 9.92. The summed E-state index contributed by atoms with van der Waals surface area (Å²) >= 11 is 0. The van der Waals surface area contributed by atoms with Gasteiger partial charge in [-0.15, -0.1) is 0 Å². The Hall–Kier alpha value is -3.59. The predicted molar refractivity (Wildman–Crippen MR) is 121 cm³/mol. The molecule has 0 aliphatic heterocycles. The lowest BCUT2D eigenvalue weighted by molar-refractivity contribution is 0.0714. The number of amides is 1. The monoisotopic (exact) mass is 448 g/mol. The normalized spacial score (nSPS) is 18.5. The minimum Gasteiger partial charge on any atom is -0.391 e. The largest absolute Gasteiger partial charge is 0.391 e. The molecule has 1 aromatic carbocycles. The van der Waals surface area contributed by atoms with Gasteiger partial charge in [0.1, 0.15) is 11.3 Å². The van der Waals surface area contributed by atoms with Gasteiger partial charge in [0.15, 0.2) is 5.69 Å². The van der Waals surface area contributed by atoms with Crippen LogP contribution in [0.25, 0.3) is 22.2 Å². The first kappa shape index (κ1) is 21.3. The molecule has 0 spiro atoms. The molecule has 170 valence electrons. The number of hydrogen-bond acceptors (Lipinski definition) is 5. The maximum Gasteiger partial charge on any atom is 0.274 e. The molecule has 1 aliphatic rings. The van der Waals surface area contributed by atoms with E-state index in [1.54, 1.807) is 33.9 Å². The number of carbonyl (C=O) groups excluding carboxylic acids is 1. The molecular weight excluding hydrogens is 423 g/mol. The van der Waals surface area contributed by atoms with Gasteiger partial charge in [-0.3, -0.25) is 19.1 Å². The summed E-state index contributed by atoms with van der Waals surface area (Å²) in [5, 5.41) is 21.7. The average molecular weight is 449 g/mol. The SMILES string of the molecule is Cn1cc(-c2ccc(Cn3nc(C(=O)N[C@H]4CCCC[C@@H]4O)c4ncccc43)c(F)c2)cn1. The topological polar surface area (TPSA) is 97.9 Å². The molecule has 0 radical (unpaired) electrons. The predicted octanol–water partition coefficient (Wildman–Crippen LogP) is 3.05. The maximum absolute atomic E-state index is 15.0. The summed E-state index contributed by atoms with van der Waals surface area (Å²) in [7, 11) is 1.81. The van der Waals surface area contributed by atoms with Crippen LogP contribution >= 0.6 is 0 Å². The molecule has 1 amide bonds. The lowest BCUT2D eigenvalue weighted by Gasteiger charge is -2.27. The summed E-state index contributed by atoms with van der Waals surface area (Å²) in [5.41, 5.74) is 3.29. The van der Waals surface area contributed by atoms with Crippen LogP contribution in [0, 0.1) is 5.82 Å². The molecule has 3 heterocycles. The van der Waals surface area contributed by atoms with Crippen LogP contribution in [-0.4, -0.2) is 47.7 Å². The van der Waals surface area contributed by atoms with Gasteiger partial charge < -0.3 is 10.4 Å². The van der Waals surface area contributed by atoms with Gasteiger partial charge in [-0.2, -0.15) is 10.2 Å². The van der Waals surface area contributed by atoms with Crippen molar-refractivity contribution in [3.8, 4) is 11.1 Å². The fourth-order valence-electron chi connectivity index (χ4n) is 4.39. The zero-order valence-electron chi connectivity index (χ0n) is 18.3. The second-order valence-electron chi connectivity index (χ2n) is 8.52. The number of rotatable bonds is 5. The van der Waals surface area contributed by atoms with E-state index >= 15 is 0 Å². The van der Waals surface area contributed by atoms with E-state index in [9.17, 15) is 14.3 Å². The van der Waals surface area contributed by atoms with E-state index in [-0.39, 0.29) is 30.0 Å². The summed E-state index contributed by atoms with van der Waals surface area (Å²) < 4.78 is 18.2. The first-order valence-corrected chi connectivity index (χ1v) is 11.1. The Balaban J connectivity index is 1.43. The number of pyridine rings is 1. The molecule has 33 heavy (non-hydrogen) atoms. The van der Waals surface area contributed by atoms with Crippen molar-refractivity contribution in [3.63, 3.8) is 0 Å². The highest BCUT2D eigenvalue weighted by Crippen LogP contribution is 2.24. The molecule has 1 aliphatic carbocycles. The van der Waals surface area contributed by atoms with Crippen molar-refractivity contribution in [3.05, 3.63) is 66.0 Å². The molecule has 4 aromatic rings. The summed E-state index contributed by atoms with van der Waals surface area (Å²) in [5.74, 6) is -0.740. The molecule has 1 fully saturated rings. The maximum atomic E-state index is 15.0. The molecule has 0 saturated heterocycles. The number of nitrogens with one attached hydrogen (secondary N) is 1. The van der Waals surface area contributed by atoms with Crippen LogP contribution in [0.3, 0.4) is 0 Å². The number of aryl methyl sites for hydroxylation is 1. The van der Waals surface area contributed by atoms with Gasteiger partial charge in [-0.05, 0) is 36.6 Å². The Bertz CT molecular complexity index is 1310. The second kappa shape index (κ2) is 8.74. The summed E-state index contributed by atoms with van der Waals surface area (Å²) in [6.45, 7) is 0.153. The highest BCUT2D eigenvalue weighted by atomic mass is 19.1. The van der Waals surface area contributed by atoms with Gasteiger partial charge >= 0.3 is 0 Å². The van der Waals surface area contributed by atoms with Crippen LogP contribution in [0.1, 0.15) is 41.7 Å². The van der Waals surface area contributed by atoms with Crippen molar-refractivity contribution in [2.75, 3.05) is 0 Å². The van der Waals surface area contributed by atoms with Gasteiger partial charge in [-0.25, -0.2) is 4.39 Å². The molecule has 9 heteroatoms. The Morgan fingerprint density at radius 1 is 1.24 bits per heavy atom. The molecule has 2 N–H and O–H groups in total. The average Bonchev–Trinajstić information content (AvgIpc) is 3.41. The Kier molecular flexibility index (Phi) is 5.63. The minimum absolute atomic E-state index is 0.153. The number of aromatic nitrogens is 5. The molecule has 0 bridgehead atoms. The van der Waals surface area contributed by atoms with E-state index in [0.717, 1.165) is 30.4 Å². The van der Waals surface area contributed by atoms with Crippen LogP contribution < -0.4 is 5.32 Å². The smallest absolute Gasteiger partial charge is 0.274 e. The fourth-order valence-corrected chi connectivity index (χ4v) is 4.39. The van der Waals surface area contributed by atoms with Crippen LogP contribution in [0.5, 0.6) is 0 Å². The Morgan fingerprint density at radius 2 is 2.09 bits per heavy atom. The van der Waals surface area contributed by atoms with Gasteiger partial charge in [0.2, 0.25) is 0 Å². The number of aliphatic hydroxyl groups is 1. The summed E-state index contributed by atoms with van der Waals surface area (Å²) in [4.78, 5) is 17.3. The second-order valence-corrected chi connectivity index (χ2v) is 8.52. The number of halogens is 1. The van der Waals surface area contributed by atoms with Gasteiger partial charge in [0.05, 0.1) is 30.4 Å². The van der Waals surface area contributed by atoms with Crippen LogP contribution in [0.4, 0.5) is 4.39 Å². The number of hydrogen-bond donors (Lipinski definition) is 2. The molecule has 5 rings (SSSR count). The van der Waals surface area contributed by atoms with Crippen LogP contribution in [-0.2, 0) is 13.6 Å². The van der Waals surface area contributed by atoms with Gasteiger partial charge in [-0.1, -0.05) is 25.0 Å². The van der Waals surface area contributed by atoms with E-state index in [4.69, 9.17) is 0 Å². The molecule has 3 aromatic heterocycles. The first-order chi connectivity index (χ1) is 16.0. The zero-order valence-corrected chi connectivity index (χ0v) is 18.3. The zero-order chi connectivity index (χ0) is 22.9. The summed E-state index contributed by atoms with van der Waals surface area (Å²) in [6, 6.07) is 8.32. The number of nitrogens with zero attached hydrogens (tertiary/aromatic N) is 5. The molecule has 2 atom stereocenters. The third-order valence-electron chi connectivity index (χ3n) is 6.18. The Morgan fingerprint density at radius 3 is 2.85 bits per heavy atom. The minimum atomic E-state index is -0.559. The standard InChI is InChI=1S/C24H25FN6O2/c1-30-13-17(12-27-30)15-8-9-16(18(25)11-15)14-31-20-6-4-10-26-22(20)23(29-31)24(33)28-19-5-2-3-7-21(19)32/h4,6,8-13,19,21,32H,2-3,5,7,14H2,1H3,(H,28,33)/t19-,21-/m0/s1. The quantitative estimate of drug-likeness (QED) is 0.489. The van der Waals surface area contributed by atoms with Gasteiger partial charge in [0.25, 0.3) is 5.91 Å². The third kappa shape index (κ3) is 4.23. The number of benzene rings is 1. The van der Waals surface area contributed by atoms with Crippen molar-refractivity contribution >= 4 is 16.9 Å². The van der Waals surface area contributed by atoms with E-state index in [1.807, 2.05) is 25.4 Å².